The summed E-state index contributed by atoms with van der Waals surface area (Å²) < 4.78 is 5.00. The summed E-state index contributed by atoms with van der Waals surface area (Å²) in [5.41, 5.74) is 5.35. The van der Waals surface area contributed by atoms with E-state index in [9.17, 15) is 4.79 Å². The maximum Gasteiger partial charge on any atom is 0.322 e. The zero-order chi connectivity index (χ0) is 11.3. The molecule has 1 aromatic heterocycles. The molecule has 0 unspecified atom stereocenters. The van der Waals surface area contributed by atoms with Crippen molar-refractivity contribution in [3.8, 4) is 0 Å². The predicted molar refractivity (Wildman–Crippen MR) is 54.2 cm³/mol. The maximum atomic E-state index is 11.4. The highest BCUT2D eigenvalue weighted by atomic mass is 16.4. The Morgan fingerprint density at radius 1 is 1.60 bits per heavy atom. The molecule has 0 spiro atoms. The van der Waals surface area contributed by atoms with E-state index in [4.69, 9.17) is 10.2 Å². The standard InChI is InChI=1S/C8H15N5O2/c1-6-11-12-8(15-6)10-7(14)5-13(2)4-3-9/h3-5,9H2,1-2H3,(H,10,12,14). The molecule has 0 aliphatic rings. The molecule has 3 N–H and O–H groups in total. The summed E-state index contributed by atoms with van der Waals surface area (Å²) in [5, 5.41) is 9.73. The van der Waals surface area contributed by atoms with Gasteiger partial charge in [-0.05, 0) is 7.05 Å². The van der Waals surface area contributed by atoms with Gasteiger partial charge in [0.15, 0.2) is 0 Å². The summed E-state index contributed by atoms with van der Waals surface area (Å²) in [6.07, 6.45) is 0. The van der Waals surface area contributed by atoms with Gasteiger partial charge < -0.3 is 10.2 Å². The number of nitrogens with zero attached hydrogens (tertiary/aromatic N) is 3. The molecule has 84 valence electrons. The fourth-order valence-corrected chi connectivity index (χ4v) is 1.05. The number of carbonyl (C=O) groups is 1. The van der Waals surface area contributed by atoms with Crippen LogP contribution in [0.1, 0.15) is 5.89 Å². The molecule has 1 aromatic rings. The Hall–Kier alpha value is -1.47. The fourth-order valence-electron chi connectivity index (χ4n) is 1.05. The van der Waals surface area contributed by atoms with Crippen LogP contribution in [0.15, 0.2) is 4.42 Å². The number of likely N-dealkylation sites (N-methyl/N-ethyl adjacent to an activating group) is 1. The lowest BCUT2D eigenvalue weighted by Crippen LogP contribution is -2.33. The van der Waals surface area contributed by atoms with E-state index in [0.29, 0.717) is 19.0 Å². The van der Waals surface area contributed by atoms with E-state index in [1.807, 2.05) is 7.05 Å². The second kappa shape index (κ2) is 5.42. The Bertz CT molecular complexity index is 325. The molecule has 1 heterocycles. The Labute approximate surface area is 87.6 Å². The lowest BCUT2D eigenvalue weighted by molar-refractivity contribution is -0.117. The first-order valence-electron chi connectivity index (χ1n) is 4.60. The maximum absolute atomic E-state index is 11.4. The van der Waals surface area contributed by atoms with Crippen molar-refractivity contribution in [2.24, 2.45) is 5.73 Å². The highest BCUT2D eigenvalue weighted by Gasteiger charge is 2.09. The van der Waals surface area contributed by atoms with Crippen molar-refractivity contribution >= 4 is 11.9 Å². The first-order chi connectivity index (χ1) is 7.11. The van der Waals surface area contributed by atoms with E-state index in [1.54, 1.807) is 11.8 Å². The van der Waals surface area contributed by atoms with E-state index < -0.39 is 0 Å². The Morgan fingerprint density at radius 2 is 2.33 bits per heavy atom. The second-order valence-electron chi connectivity index (χ2n) is 3.20. The summed E-state index contributed by atoms with van der Waals surface area (Å²) in [6, 6.07) is 0.124. The molecule has 1 rings (SSSR count). The third-order valence-corrected chi connectivity index (χ3v) is 1.70. The molecule has 0 bridgehead atoms. The molecule has 0 fully saturated rings. The quantitative estimate of drug-likeness (QED) is 0.665. The molecule has 7 heteroatoms. The minimum absolute atomic E-state index is 0.124. The van der Waals surface area contributed by atoms with Gasteiger partial charge in [0.05, 0.1) is 6.54 Å². The first-order valence-corrected chi connectivity index (χ1v) is 4.60. The fraction of sp³-hybridized carbons (Fsp3) is 0.625. The van der Waals surface area contributed by atoms with E-state index in [0.717, 1.165) is 0 Å². The number of hydrogen-bond donors (Lipinski definition) is 2. The molecule has 0 aliphatic carbocycles. The van der Waals surface area contributed by atoms with Crippen LogP contribution in [0.25, 0.3) is 0 Å². The van der Waals surface area contributed by atoms with Crippen molar-refractivity contribution in [1.29, 1.82) is 0 Å². The van der Waals surface area contributed by atoms with E-state index >= 15 is 0 Å². The summed E-state index contributed by atoms with van der Waals surface area (Å²) in [4.78, 5) is 13.2. The molecule has 15 heavy (non-hydrogen) atoms. The van der Waals surface area contributed by atoms with Gasteiger partial charge in [-0.3, -0.25) is 15.0 Å². The minimum atomic E-state index is -0.199. The molecule has 0 atom stereocenters. The van der Waals surface area contributed by atoms with Crippen LogP contribution in [0.5, 0.6) is 0 Å². The van der Waals surface area contributed by atoms with Gasteiger partial charge in [0.1, 0.15) is 0 Å². The molecule has 0 aliphatic heterocycles. The Balaban J connectivity index is 2.36. The Morgan fingerprint density at radius 3 is 2.87 bits per heavy atom. The zero-order valence-electron chi connectivity index (χ0n) is 8.86. The van der Waals surface area contributed by atoms with Gasteiger partial charge in [0, 0.05) is 20.0 Å². The third-order valence-electron chi connectivity index (χ3n) is 1.70. The number of aromatic nitrogens is 2. The van der Waals surface area contributed by atoms with Gasteiger partial charge in [0.2, 0.25) is 11.8 Å². The summed E-state index contributed by atoms with van der Waals surface area (Å²) in [7, 11) is 1.81. The van der Waals surface area contributed by atoms with Gasteiger partial charge in [-0.25, -0.2) is 0 Å². The smallest absolute Gasteiger partial charge is 0.322 e. The van der Waals surface area contributed by atoms with Crippen LogP contribution in [0.3, 0.4) is 0 Å². The first kappa shape index (κ1) is 11.6. The minimum Gasteiger partial charge on any atom is -0.408 e. The summed E-state index contributed by atoms with van der Waals surface area (Å²) in [5.74, 6) is 0.218. The lowest BCUT2D eigenvalue weighted by Gasteiger charge is -2.13. The monoisotopic (exact) mass is 213 g/mol. The van der Waals surface area contributed by atoms with Crippen LogP contribution in [0, 0.1) is 6.92 Å². The zero-order valence-corrected chi connectivity index (χ0v) is 8.86. The van der Waals surface area contributed by atoms with Crippen molar-refractivity contribution in [3.05, 3.63) is 5.89 Å². The molecule has 0 saturated heterocycles. The number of amides is 1. The number of aryl methyl sites for hydroxylation is 1. The van der Waals surface area contributed by atoms with E-state index in [-0.39, 0.29) is 18.5 Å². The van der Waals surface area contributed by atoms with E-state index in [1.165, 1.54) is 0 Å². The topological polar surface area (TPSA) is 97.3 Å². The third kappa shape index (κ3) is 4.05. The highest BCUT2D eigenvalue weighted by Crippen LogP contribution is 2.03. The number of carbonyl (C=O) groups excluding carboxylic acids is 1. The van der Waals surface area contributed by atoms with Gasteiger partial charge in [-0.2, -0.15) is 0 Å². The predicted octanol–water partition coefficient (Wildman–Crippen LogP) is -0.793. The van der Waals surface area contributed by atoms with Crippen LogP contribution in [0.4, 0.5) is 6.01 Å². The summed E-state index contributed by atoms with van der Waals surface area (Å²) >= 11 is 0. The highest BCUT2D eigenvalue weighted by molar-refractivity contribution is 5.90. The van der Waals surface area contributed by atoms with Crippen molar-refractivity contribution in [1.82, 2.24) is 15.1 Å². The normalized spacial score (nSPS) is 10.7. The van der Waals surface area contributed by atoms with Crippen molar-refractivity contribution in [3.63, 3.8) is 0 Å². The second-order valence-corrected chi connectivity index (χ2v) is 3.20. The van der Waals surface area contributed by atoms with Gasteiger partial charge >= 0.3 is 6.01 Å². The molecule has 1 amide bonds. The lowest BCUT2D eigenvalue weighted by atomic mass is 10.5. The number of anilines is 1. The average Bonchev–Trinajstić information content (AvgIpc) is 2.51. The van der Waals surface area contributed by atoms with Crippen molar-refractivity contribution in [2.45, 2.75) is 6.92 Å². The van der Waals surface area contributed by atoms with Gasteiger partial charge in [0.25, 0.3) is 0 Å². The largest absolute Gasteiger partial charge is 0.408 e. The average molecular weight is 213 g/mol. The van der Waals surface area contributed by atoms with Crippen LogP contribution in [0.2, 0.25) is 0 Å². The molecule has 0 aromatic carbocycles. The van der Waals surface area contributed by atoms with Crippen LogP contribution >= 0.6 is 0 Å². The summed E-state index contributed by atoms with van der Waals surface area (Å²) in [6.45, 7) is 3.08. The number of nitrogens with two attached hydrogens (primary N) is 1. The molecule has 0 radical (unpaired) electrons. The van der Waals surface area contributed by atoms with Crippen molar-refractivity contribution in [2.75, 3.05) is 32.0 Å². The van der Waals surface area contributed by atoms with Crippen LogP contribution in [-0.4, -0.2) is 47.7 Å². The Kier molecular flexibility index (Phi) is 4.19. The van der Waals surface area contributed by atoms with Gasteiger partial charge in [-0.15, -0.1) is 5.10 Å². The molecule has 7 nitrogen and oxygen atoms in total. The SMILES string of the molecule is Cc1nnc(NC(=O)CN(C)CCN)o1. The molecular weight excluding hydrogens is 198 g/mol. The number of nitrogens with one attached hydrogen (secondary N) is 1. The number of rotatable bonds is 5. The van der Waals surface area contributed by atoms with Crippen LogP contribution < -0.4 is 11.1 Å². The number of hydrogen-bond acceptors (Lipinski definition) is 6. The molecule has 0 saturated carbocycles. The van der Waals surface area contributed by atoms with Gasteiger partial charge in [-0.1, -0.05) is 5.10 Å². The van der Waals surface area contributed by atoms with Crippen LogP contribution in [-0.2, 0) is 4.79 Å². The molecular formula is C8H15N5O2. The van der Waals surface area contributed by atoms with E-state index in [2.05, 4.69) is 15.5 Å². The van der Waals surface area contributed by atoms with Crippen molar-refractivity contribution < 1.29 is 9.21 Å².